The molecule has 0 heterocycles. The van der Waals surface area contributed by atoms with Gasteiger partial charge in [0.2, 0.25) is 0 Å². The lowest BCUT2D eigenvalue weighted by molar-refractivity contribution is 1.34. The highest BCUT2D eigenvalue weighted by atomic mass is 35.5. The molecule has 0 saturated heterocycles. The van der Waals surface area contributed by atoms with Crippen molar-refractivity contribution < 1.29 is 0 Å². The Morgan fingerprint density at radius 2 is 1.79 bits per heavy atom. The van der Waals surface area contributed by atoms with E-state index in [4.69, 9.17) is 16.9 Å². The first-order valence-electron chi connectivity index (χ1n) is 4.41. The highest BCUT2D eigenvalue weighted by Gasteiger charge is 2.08. The second-order valence-electron chi connectivity index (χ2n) is 3.32. The van der Waals surface area contributed by atoms with Crippen molar-refractivity contribution in [2.45, 2.75) is 20.8 Å². The standard InChI is InChI=1S/C12H12ClN/c1-8-5-4-6-9(2)11(8)12(13)10(3)7-14/h4-6H,1-3H3/b12-10-. The van der Waals surface area contributed by atoms with Crippen LogP contribution in [0.2, 0.25) is 0 Å². The van der Waals surface area contributed by atoms with E-state index < -0.39 is 0 Å². The van der Waals surface area contributed by atoms with Crippen LogP contribution in [0.15, 0.2) is 23.8 Å². The lowest BCUT2D eigenvalue weighted by atomic mass is 10.0. The maximum atomic E-state index is 8.76. The molecule has 0 aliphatic rings. The number of benzene rings is 1. The number of rotatable bonds is 1. The second-order valence-corrected chi connectivity index (χ2v) is 3.70. The van der Waals surface area contributed by atoms with Crippen LogP contribution in [0.25, 0.3) is 5.03 Å². The van der Waals surface area contributed by atoms with E-state index in [1.807, 2.05) is 32.0 Å². The number of nitriles is 1. The summed E-state index contributed by atoms with van der Waals surface area (Å²) in [5.74, 6) is 0. The fraction of sp³-hybridized carbons (Fsp3) is 0.250. The summed E-state index contributed by atoms with van der Waals surface area (Å²) in [7, 11) is 0. The molecular weight excluding hydrogens is 194 g/mol. The minimum Gasteiger partial charge on any atom is -0.193 e. The molecule has 0 aromatic heterocycles. The minimum absolute atomic E-state index is 0.558. The molecule has 0 aliphatic carbocycles. The van der Waals surface area contributed by atoms with Gasteiger partial charge in [0.15, 0.2) is 0 Å². The molecule has 0 N–H and O–H groups in total. The van der Waals surface area contributed by atoms with Crippen LogP contribution in [-0.4, -0.2) is 0 Å². The summed E-state index contributed by atoms with van der Waals surface area (Å²) in [6.07, 6.45) is 0. The zero-order valence-corrected chi connectivity index (χ0v) is 9.31. The maximum absolute atomic E-state index is 8.76. The Hall–Kier alpha value is -1.26. The monoisotopic (exact) mass is 205 g/mol. The van der Waals surface area contributed by atoms with Crippen molar-refractivity contribution in [1.82, 2.24) is 0 Å². The van der Waals surface area contributed by atoms with E-state index in [1.54, 1.807) is 6.92 Å². The van der Waals surface area contributed by atoms with Gasteiger partial charge in [-0.25, -0.2) is 0 Å². The molecule has 0 atom stereocenters. The second kappa shape index (κ2) is 4.30. The Morgan fingerprint density at radius 1 is 1.29 bits per heavy atom. The van der Waals surface area contributed by atoms with Gasteiger partial charge >= 0.3 is 0 Å². The molecule has 72 valence electrons. The van der Waals surface area contributed by atoms with Crippen LogP contribution in [0, 0.1) is 25.2 Å². The summed E-state index contributed by atoms with van der Waals surface area (Å²) in [5, 5.41) is 9.31. The molecule has 0 amide bonds. The number of hydrogen-bond acceptors (Lipinski definition) is 1. The van der Waals surface area contributed by atoms with Gasteiger partial charge in [-0.05, 0) is 37.5 Å². The predicted octanol–water partition coefficient (Wildman–Crippen LogP) is 3.80. The van der Waals surface area contributed by atoms with Crippen LogP contribution in [0.5, 0.6) is 0 Å². The largest absolute Gasteiger partial charge is 0.193 e. The van der Waals surface area contributed by atoms with Gasteiger partial charge in [0.1, 0.15) is 0 Å². The highest BCUT2D eigenvalue weighted by molar-refractivity contribution is 6.49. The fourth-order valence-corrected chi connectivity index (χ4v) is 1.74. The third-order valence-electron chi connectivity index (χ3n) is 2.20. The number of aryl methyl sites for hydroxylation is 2. The van der Waals surface area contributed by atoms with Crippen molar-refractivity contribution in [3.63, 3.8) is 0 Å². The molecule has 0 bridgehead atoms. The molecule has 0 saturated carbocycles. The van der Waals surface area contributed by atoms with E-state index in [0.717, 1.165) is 16.7 Å². The highest BCUT2D eigenvalue weighted by Crippen LogP contribution is 2.28. The van der Waals surface area contributed by atoms with Gasteiger partial charge in [-0.2, -0.15) is 5.26 Å². The minimum atomic E-state index is 0.558. The van der Waals surface area contributed by atoms with Crippen LogP contribution in [0.1, 0.15) is 23.6 Å². The average Bonchev–Trinajstić information content (AvgIpc) is 2.16. The summed E-state index contributed by atoms with van der Waals surface area (Å²) in [5.41, 5.74) is 3.74. The van der Waals surface area contributed by atoms with Crippen LogP contribution >= 0.6 is 11.6 Å². The smallest absolute Gasteiger partial charge is 0.0959 e. The van der Waals surface area contributed by atoms with Crippen LogP contribution in [-0.2, 0) is 0 Å². The van der Waals surface area contributed by atoms with Crippen molar-refractivity contribution in [3.8, 4) is 6.07 Å². The Kier molecular flexibility index (Phi) is 3.33. The van der Waals surface area contributed by atoms with Crippen LogP contribution in [0.3, 0.4) is 0 Å². The molecular formula is C12H12ClN. The van der Waals surface area contributed by atoms with Crippen LogP contribution < -0.4 is 0 Å². The van der Waals surface area contributed by atoms with Crippen molar-refractivity contribution in [2.75, 3.05) is 0 Å². The van der Waals surface area contributed by atoms with Crippen molar-refractivity contribution in [3.05, 3.63) is 40.5 Å². The number of nitrogens with zero attached hydrogens (tertiary/aromatic N) is 1. The van der Waals surface area contributed by atoms with E-state index in [0.29, 0.717) is 10.6 Å². The van der Waals surface area contributed by atoms with E-state index >= 15 is 0 Å². The van der Waals surface area contributed by atoms with E-state index in [1.165, 1.54) is 0 Å². The SMILES string of the molecule is C/C(C#N)=C(/Cl)c1c(C)cccc1C. The van der Waals surface area contributed by atoms with Crippen molar-refractivity contribution >= 4 is 16.6 Å². The van der Waals surface area contributed by atoms with E-state index in [2.05, 4.69) is 6.07 Å². The molecule has 0 fully saturated rings. The number of halogens is 1. The Bertz CT molecular complexity index is 404. The molecule has 0 spiro atoms. The zero-order chi connectivity index (χ0) is 10.7. The number of hydrogen-bond donors (Lipinski definition) is 0. The molecule has 1 rings (SSSR count). The normalized spacial score (nSPS) is 11.9. The van der Waals surface area contributed by atoms with Gasteiger partial charge in [-0.15, -0.1) is 0 Å². The third-order valence-corrected chi connectivity index (χ3v) is 2.67. The third kappa shape index (κ3) is 1.97. The topological polar surface area (TPSA) is 23.8 Å². The van der Waals surface area contributed by atoms with E-state index in [9.17, 15) is 0 Å². The van der Waals surface area contributed by atoms with Gasteiger partial charge in [0, 0.05) is 5.57 Å². The van der Waals surface area contributed by atoms with Gasteiger partial charge < -0.3 is 0 Å². The Balaban J connectivity index is 3.42. The summed E-state index contributed by atoms with van der Waals surface area (Å²) in [6.45, 7) is 5.72. The summed E-state index contributed by atoms with van der Waals surface area (Å²) < 4.78 is 0. The molecule has 1 nitrogen and oxygen atoms in total. The van der Waals surface area contributed by atoms with Crippen LogP contribution in [0.4, 0.5) is 0 Å². The summed E-state index contributed by atoms with van der Waals surface area (Å²) in [4.78, 5) is 0. The fourth-order valence-electron chi connectivity index (χ4n) is 1.40. The van der Waals surface area contributed by atoms with Gasteiger partial charge in [-0.3, -0.25) is 0 Å². The average molecular weight is 206 g/mol. The molecule has 14 heavy (non-hydrogen) atoms. The Morgan fingerprint density at radius 3 is 2.21 bits per heavy atom. The van der Waals surface area contributed by atoms with E-state index in [-0.39, 0.29) is 0 Å². The van der Waals surface area contributed by atoms with Gasteiger partial charge in [0.25, 0.3) is 0 Å². The molecule has 0 aliphatic heterocycles. The van der Waals surface area contributed by atoms with Crippen molar-refractivity contribution in [1.29, 1.82) is 5.26 Å². The quantitative estimate of drug-likeness (QED) is 0.640. The van der Waals surface area contributed by atoms with Gasteiger partial charge in [-0.1, -0.05) is 29.8 Å². The number of allylic oxidation sites excluding steroid dienone is 1. The molecule has 1 aromatic carbocycles. The zero-order valence-electron chi connectivity index (χ0n) is 8.56. The summed E-state index contributed by atoms with van der Waals surface area (Å²) >= 11 is 6.12. The lowest BCUT2D eigenvalue weighted by Gasteiger charge is -2.08. The lowest BCUT2D eigenvalue weighted by Crippen LogP contribution is -1.90. The molecule has 0 unspecified atom stereocenters. The van der Waals surface area contributed by atoms with Gasteiger partial charge in [0.05, 0.1) is 11.1 Å². The predicted molar refractivity (Wildman–Crippen MR) is 60.0 cm³/mol. The maximum Gasteiger partial charge on any atom is 0.0959 e. The first kappa shape index (κ1) is 10.8. The Labute approximate surface area is 89.6 Å². The molecule has 2 heteroatoms. The van der Waals surface area contributed by atoms with Crippen molar-refractivity contribution in [2.24, 2.45) is 0 Å². The molecule has 0 radical (unpaired) electrons. The first-order valence-corrected chi connectivity index (χ1v) is 4.78. The first-order chi connectivity index (χ1) is 6.57. The molecule has 1 aromatic rings. The summed E-state index contributed by atoms with van der Waals surface area (Å²) in [6, 6.07) is 8.04.